The molecule has 0 unspecified atom stereocenters. The average molecular weight is 176 g/mol. The Morgan fingerprint density at radius 3 is 1.33 bits per heavy atom. The van der Waals surface area contributed by atoms with Crippen LogP contribution in [0.25, 0.3) is 0 Å². The summed E-state index contributed by atoms with van der Waals surface area (Å²) >= 11 is 0. The van der Waals surface area contributed by atoms with Crippen LogP contribution < -0.4 is 0 Å². The van der Waals surface area contributed by atoms with E-state index >= 15 is 0 Å². The van der Waals surface area contributed by atoms with Crippen LogP contribution in [-0.2, 0) is 21.5 Å². The van der Waals surface area contributed by atoms with E-state index in [9.17, 15) is 0 Å². The summed E-state index contributed by atoms with van der Waals surface area (Å²) in [6, 6.07) is 0. The summed E-state index contributed by atoms with van der Waals surface area (Å²) in [5.74, 6) is 0. The molecular formula is H4CaFeO3Si. The summed E-state index contributed by atoms with van der Waals surface area (Å²) in [5, 5.41) is 0. The fourth-order valence-corrected chi connectivity index (χ4v) is 0. The van der Waals surface area contributed by atoms with Gasteiger partial charge in [-0.05, 0) is 0 Å². The molecule has 3 nitrogen and oxygen atoms in total. The average Bonchev–Trinajstić information content (AvgIpc) is 0.811. The van der Waals surface area contributed by atoms with Gasteiger partial charge in [0.2, 0.25) is 0 Å². The normalized spacial score (nSPS) is 4.00. The second-order valence-corrected chi connectivity index (χ2v) is 0.848. The van der Waals surface area contributed by atoms with Gasteiger partial charge < -0.3 is 9.59 Å². The van der Waals surface area contributed by atoms with Gasteiger partial charge >= 0.3 is 46.9 Å². The summed E-state index contributed by atoms with van der Waals surface area (Å²) in [6.45, 7) is 0. The molecule has 0 saturated carbocycles. The monoisotopic (exact) mass is 176 g/mol. The zero-order valence-electron chi connectivity index (χ0n) is 2.16. The van der Waals surface area contributed by atoms with Crippen LogP contribution in [0.4, 0.5) is 0 Å². The number of rotatable bonds is 0. The first-order valence-corrected chi connectivity index (χ1v) is 1.95. The second-order valence-electron chi connectivity index (χ2n) is 0.283. The maximum atomic E-state index is 8.74. The number of hydrogen-bond acceptors (Lipinski definition) is 1. The van der Waals surface area contributed by atoms with E-state index in [0.29, 0.717) is 0 Å². The van der Waals surface area contributed by atoms with Gasteiger partial charge in [0, 0.05) is 17.1 Å². The quantitative estimate of drug-likeness (QED) is 0.400. The molecule has 0 aromatic rings. The molecule has 36 valence electrons. The first kappa shape index (κ1) is 15.7. The van der Waals surface area contributed by atoms with Crippen LogP contribution in [0.5, 0.6) is 0 Å². The van der Waals surface area contributed by atoms with Crippen molar-refractivity contribution in [2.24, 2.45) is 0 Å². The Labute approximate surface area is 77.1 Å². The van der Waals surface area contributed by atoms with Crippen molar-refractivity contribution in [2.45, 2.75) is 0 Å². The molecule has 6 heteroatoms. The van der Waals surface area contributed by atoms with Crippen LogP contribution in [0.3, 0.4) is 0 Å². The maximum absolute atomic E-state index is 8.74. The molecule has 0 rings (SSSR count). The Hall–Kier alpha value is 1.40. The minimum absolute atomic E-state index is 0. The van der Waals surface area contributed by atoms with Gasteiger partial charge in [0.15, 0.2) is 0 Å². The molecule has 0 aromatic carbocycles. The van der Waals surface area contributed by atoms with Crippen molar-refractivity contribution < 1.29 is 31.1 Å². The smallest absolute Gasteiger partial charge is 0 e. The van der Waals surface area contributed by atoms with Crippen molar-refractivity contribution in [3.63, 3.8) is 0 Å². The van der Waals surface area contributed by atoms with E-state index in [1.165, 1.54) is 0 Å². The van der Waals surface area contributed by atoms with Crippen molar-refractivity contribution in [3.8, 4) is 0 Å². The standard InChI is InChI=1S/Ca.Fe.H2O3Si.2H/c;;1-4(2)3;;/h;;1-2H;;. The minimum Gasteiger partial charge on any atom is 0 e. The molecule has 0 aliphatic rings. The van der Waals surface area contributed by atoms with Crippen LogP contribution >= 0.6 is 0 Å². The molecule has 0 aromatic heterocycles. The van der Waals surface area contributed by atoms with Gasteiger partial charge in [-0.2, -0.15) is 0 Å². The minimum atomic E-state index is -3.13. The molecule has 6 heavy (non-hydrogen) atoms. The van der Waals surface area contributed by atoms with Gasteiger partial charge in [-0.15, -0.1) is 0 Å². The van der Waals surface area contributed by atoms with Gasteiger partial charge in [-0.3, -0.25) is 4.46 Å². The van der Waals surface area contributed by atoms with Crippen LogP contribution in [0.1, 0.15) is 0 Å². The number of hydrogen-bond donors (Lipinski definition) is 2. The van der Waals surface area contributed by atoms with Crippen molar-refractivity contribution in [2.75, 3.05) is 0 Å². The molecule has 2 N–H and O–H groups in total. The van der Waals surface area contributed by atoms with Crippen LogP contribution in [0.2, 0.25) is 0 Å². The van der Waals surface area contributed by atoms with E-state index in [0.717, 1.165) is 0 Å². The van der Waals surface area contributed by atoms with Gasteiger partial charge in [-0.25, -0.2) is 0 Å². The summed E-state index contributed by atoms with van der Waals surface area (Å²) < 4.78 is 8.74. The molecule has 0 aliphatic heterocycles. The van der Waals surface area contributed by atoms with Crippen molar-refractivity contribution in [1.29, 1.82) is 0 Å². The maximum Gasteiger partial charge on any atom is 0 e. The van der Waals surface area contributed by atoms with Gasteiger partial charge in [0.1, 0.15) is 0 Å². The van der Waals surface area contributed by atoms with Crippen LogP contribution in [0, 0.1) is 0 Å². The van der Waals surface area contributed by atoms with E-state index < -0.39 is 9.17 Å². The third-order valence-electron chi connectivity index (χ3n) is 0. The molecular weight excluding hydrogens is 172 g/mol. The van der Waals surface area contributed by atoms with Gasteiger partial charge in [-0.1, -0.05) is 0 Å². The molecule has 0 spiro atoms. The third kappa shape index (κ3) is 53.5. The van der Waals surface area contributed by atoms with Gasteiger partial charge in [0.05, 0.1) is 0 Å². The van der Waals surface area contributed by atoms with E-state index in [1.807, 2.05) is 0 Å². The summed E-state index contributed by atoms with van der Waals surface area (Å²) in [7, 11) is -3.13. The van der Waals surface area contributed by atoms with Crippen molar-refractivity contribution >= 4 is 46.9 Å². The molecule has 0 heterocycles. The molecule has 0 aliphatic carbocycles. The topological polar surface area (TPSA) is 57.5 Å². The fourth-order valence-electron chi connectivity index (χ4n) is 0. The van der Waals surface area contributed by atoms with Crippen LogP contribution in [-0.4, -0.2) is 56.5 Å². The Balaban J connectivity index is -0.0000000450. The molecule has 0 radical (unpaired) electrons. The predicted molar refractivity (Wildman–Crippen MR) is 19.4 cm³/mol. The fraction of sp³-hybridized carbons (Fsp3) is 0. The molecule has 0 amide bonds. The van der Waals surface area contributed by atoms with Crippen LogP contribution in [0.15, 0.2) is 0 Å². The SMILES string of the molecule is O=[Si](O)O.[CaH2].[Fe]. The molecule has 0 bridgehead atoms. The summed E-state index contributed by atoms with van der Waals surface area (Å²) in [6.07, 6.45) is 0. The van der Waals surface area contributed by atoms with E-state index in [2.05, 4.69) is 0 Å². The zero-order chi connectivity index (χ0) is 3.58. The summed E-state index contributed by atoms with van der Waals surface area (Å²) in [4.78, 5) is 14.3. The summed E-state index contributed by atoms with van der Waals surface area (Å²) in [5.41, 5.74) is 0. The predicted octanol–water partition coefficient (Wildman–Crippen LogP) is -2.53. The Morgan fingerprint density at radius 2 is 1.33 bits per heavy atom. The Kier molecular flexibility index (Phi) is 25.1. The zero-order valence-corrected chi connectivity index (χ0v) is 4.26. The third-order valence-corrected chi connectivity index (χ3v) is 0. The largest absolute Gasteiger partial charge is 0 e. The Morgan fingerprint density at radius 1 is 1.33 bits per heavy atom. The van der Waals surface area contributed by atoms with Crippen molar-refractivity contribution in [3.05, 3.63) is 0 Å². The first-order valence-electron chi connectivity index (χ1n) is 0.651. The molecule has 0 atom stereocenters. The Bertz CT molecular complexity index is 33.8. The van der Waals surface area contributed by atoms with Crippen molar-refractivity contribution in [1.82, 2.24) is 0 Å². The molecule has 0 saturated heterocycles. The van der Waals surface area contributed by atoms with Gasteiger partial charge in [0.25, 0.3) is 0 Å². The second kappa shape index (κ2) is 9.64. The van der Waals surface area contributed by atoms with E-state index in [1.54, 1.807) is 0 Å². The van der Waals surface area contributed by atoms with E-state index in [-0.39, 0.29) is 54.8 Å². The molecule has 0 fully saturated rings. The first-order chi connectivity index (χ1) is 1.73. The van der Waals surface area contributed by atoms with E-state index in [4.69, 9.17) is 14.1 Å².